The van der Waals surface area contributed by atoms with E-state index in [-0.39, 0.29) is 105 Å². The molecule has 10 amide bonds. The highest BCUT2D eigenvalue weighted by Crippen LogP contribution is 2.66. The van der Waals surface area contributed by atoms with Gasteiger partial charge in [0.1, 0.15) is 18.1 Å². The number of Topliss-reactive ketones (excluding diaryl/α,β-unsaturated/α-hetero) is 2. The lowest BCUT2D eigenvalue weighted by molar-refractivity contribution is -0.145. The number of likely N-dealkylation sites (tertiary alicyclic amines) is 4. The van der Waals surface area contributed by atoms with Gasteiger partial charge in [0.25, 0.3) is 11.8 Å². The third-order valence-corrected chi connectivity index (χ3v) is 21.6. The fourth-order valence-electron chi connectivity index (χ4n) is 14.4. The molecule has 524 valence electrons. The quantitative estimate of drug-likeness (QED) is 0.0448. The first kappa shape index (κ1) is 77.7. The first-order valence-electron chi connectivity index (χ1n) is 33.8. The Labute approximate surface area is 557 Å². The molecule has 10 N–H and O–H groups in total. The maximum absolute atomic E-state index is 14.3. The van der Waals surface area contributed by atoms with Crippen LogP contribution in [0.2, 0.25) is 0 Å². The first-order chi connectivity index (χ1) is 42.4. The molecule has 12 atom stereocenters. The van der Waals surface area contributed by atoms with Gasteiger partial charge in [0.2, 0.25) is 53.1 Å². The maximum atomic E-state index is 14.3. The third-order valence-electron chi connectivity index (χ3n) is 21.6. The fourth-order valence-corrected chi connectivity index (χ4v) is 14.4. The summed E-state index contributed by atoms with van der Waals surface area (Å²) in [5, 5.41) is 11.5. The standard InChI is InChI=1S/C34H56N6O6.C22H36N4O4.C12H20N2O2.ClH/c1-32(2,3)22(18-39-15-10-9-14-23(39)41)37-31(46)38-27(33(4,5)6)30(45)40-17-20-24(34(20,7)8)25(40)29(44)36-21(26(42)28(35)43)16-19-12-11-13-19;1-21(2,3)17(23)20(30)26-10-12-14(22(12,4)5)15(26)19(29)25-13(16(27)18(24)28)9-11-7-6-8-11;1-12(2,3)10(13-9-15)8-14-7-5-4-6-11(14)16;/h19-22,24-25,27H,9-18H2,1-8H3,(H2,35,43)(H,36,44)(H2,37,38,46);11-15,17H,6-10,23H2,1-5H3,(H2,24,28)(H,25,29);10H,4-8H2,1-3H3;1H/t20-,21?,22+,24-,25?,27+;12-,13?,14-,15?,17+;10-;/m001./s1. The number of nitrogens with one attached hydrogen (secondary N) is 4. The largest absolute Gasteiger partial charge is 0.363 e. The van der Waals surface area contributed by atoms with Crippen LogP contribution in [0.1, 0.15) is 201 Å². The van der Waals surface area contributed by atoms with Gasteiger partial charge in [0.15, 0.2) is 0 Å². The van der Waals surface area contributed by atoms with Crippen LogP contribution >= 0.6 is 12.4 Å². The lowest BCUT2D eigenvalue weighted by Crippen LogP contribution is -2.63. The lowest BCUT2D eigenvalue weighted by atomic mass is 9.80. The fraction of sp³-hybridized carbons (Fsp3) is 0.824. The molecule has 0 spiro atoms. The Bertz CT molecular complexity index is 2840. The van der Waals surface area contributed by atoms with E-state index in [2.05, 4.69) is 54.0 Å². The van der Waals surface area contributed by atoms with Gasteiger partial charge in [0.05, 0.1) is 30.2 Å². The van der Waals surface area contributed by atoms with Crippen molar-refractivity contribution in [3.8, 4) is 0 Å². The number of nitrogens with two attached hydrogens (primary N) is 3. The predicted octanol–water partition coefficient (Wildman–Crippen LogP) is 5.08. The van der Waals surface area contributed by atoms with Gasteiger partial charge in [-0.15, -0.1) is 12.4 Å². The number of urea groups is 1. The van der Waals surface area contributed by atoms with Crippen LogP contribution in [0.25, 0.3) is 0 Å². The van der Waals surface area contributed by atoms with Crippen LogP contribution in [0.4, 0.5) is 4.79 Å². The van der Waals surface area contributed by atoms with E-state index in [1.807, 2.05) is 88.0 Å². The molecule has 4 saturated carbocycles. The zero-order valence-electron chi connectivity index (χ0n) is 58.5. The Morgan fingerprint density at radius 3 is 1.30 bits per heavy atom. The van der Waals surface area contributed by atoms with Crippen LogP contribution in [-0.2, 0) is 52.7 Å². The first-order valence-corrected chi connectivity index (χ1v) is 33.8. The number of amides is 10. The summed E-state index contributed by atoms with van der Waals surface area (Å²) in [5.41, 5.74) is 14.9. The normalized spacial score (nSPS) is 25.8. The van der Waals surface area contributed by atoms with Gasteiger partial charge in [-0.1, -0.05) is 149 Å². The predicted molar refractivity (Wildman–Crippen MR) is 354 cm³/mol. The van der Waals surface area contributed by atoms with Crippen molar-refractivity contribution in [1.82, 2.24) is 40.9 Å². The summed E-state index contributed by atoms with van der Waals surface area (Å²) in [4.78, 5) is 162. The number of hydrogen-bond donors (Lipinski definition) is 7. The van der Waals surface area contributed by atoms with Gasteiger partial charge < -0.3 is 58.1 Å². The highest BCUT2D eigenvalue weighted by Gasteiger charge is 2.71. The van der Waals surface area contributed by atoms with E-state index in [4.69, 9.17) is 17.2 Å². The molecule has 4 unspecified atom stereocenters. The number of ketones is 2. The number of piperidine rings is 4. The topological polar surface area (TPSA) is 356 Å². The Balaban J connectivity index is 0.000000284. The molecule has 4 saturated heterocycles. The highest BCUT2D eigenvalue weighted by atomic mass is 35.5. The number of carbonyl (C=O) groups excluding carboxylic acids is 12. The number of carbonyl (C=O) groups is 11. The molecule has 8 rings (SSSR count). The molecule has 0 aromatic carbocycles. The summed E-state index contributed by atoms with van der Waals surface area (Å²) in [6, 6.07) is -6.23. The van der Waals surface area contributed by atoms with Crippen molar-refractivity contribution >= 4 is 83.3 Å². The number of isocyanates is 1. The monoisotopic (exact) mass is 1320 g/mol. The zero-order valence-corrected chi connectivity index (χ0v) is 59.3. The Morgan fingerprint density at radius 2 is 0.968 bits per heavy atom. The molecule has 24 nitrogen and oxygen atoms in total. The van der Waals surface area contributed by atoms with Crippen molar-refractivity contribution < 1.29 is 57.5 Å². The summed E-state index contributed by atoms with van der Waals surface area (Å²) in [6.45, 7) is 34.8. The smallest absolute Gasteiger partial charge is 0.315 e. The van der Waals surface area contributed by atoms with E-state index in [1.54, 1.807) is 20.8 Å². The number of aliphatic imine (C=N–C) groups is 1. The van der Waals surface area contributed by atoms with E-state index >= 15 is 0 Å². The second-order valence-corrected chi connectivity index (χ2v) is 33.3. The van der Waals surface area contributed by atoms with Crippen molar-refractivity contribution in [2.45, 2.75) is 249 Å². The molecule has 8 aliphatic rings. The molecule has 0 aromatic rings. The number of hydrogen-bond acceptors (Lipinski definition) is 14. The average molecular weight is 1330 g/mol. The van der Waals surface area contributed by atoms with Gasteiger partial charge in [-0.2, -0.15) is 0 Å². The third kappa shape index (κ3) is 18.9. The summed E-state index contributed by atoms with van der Waals surface area (Å²) in [7, 11) is 0. The van der Waals surface area contributed by atoms with Crippen LogP contribution in [-0.4, -0.2) is 178 Å². The van der Waals surface area contributed by atoms with E-state index in [1.165, 1.54) is 0 Å². The van der Waals surface area contributed by atoms with E-state index in [0.717, 1.165) is 70.8 Å². The molecule has 93 heavy (non-hydrogen) atoms. The molecular formula is C68H113ClN12O12. The summed E-state index contributed by atoms with van der Waals surface area (Å²) in [6.07, 6.45) is 13.3. The van der Waals surface area contributed by atoms with E-state index in [9.17, 15) is 57.5 Å². The highest BCUT2D eigenvalue weighted by molar-refractivity contribution is 6.38. The van der Waals surface area contributed by atoms with Gasteiger partial charge in [-0.05, 0) is 107 Å². The van der Waals surface area contributed by atoms with Gasteiger partial charge >= 0.3 is 6.03 Å². The van der Waals surface area contributed by atoms with Gasteiger partial charge in [-0.25, -0.2) is 14.6 Å². The molecule has 4 aliphatic carbocycles. The minimum Gasteiger partial charge on any atom is -0.363 e. The molecule has 0 radical (unpaired) electrons. The minimum atomic E-state index is -1.09. The molecule has 8 fully saturated rings. The Kier molecular flexibility index (Phi) is 25.4. The van der Waals surface area contributed by atoms with Crippen LogP contribution < -0.4 is 38.5 Å². The van der Waals surface area contributed by atoms with Crippen LogP contribution in [0.3, 0.4) is 0 Å². The maximum Gasteiger partial charge on any atom is 0.315 e. The molecule has 0 aromatic heterocycles. The second-order valence-electron chi connectivity index (χ2n) is 33.3. The van der Waals surface area contributed by atoms with E-state index < -0.39 is 82.4 Å². The summed E-state index contributed by atoms with van der Waals surface area (Å²) < 4.78 is 0. The number of fused-ring (bicyclic) bond motifs is 2. The van der Waals surface area contributed by atoms with Crippen molar-refractivity contribution in [2.75, 3.05) is 39.3 Å². The van der Waals surface area contributed by atoms with Gasteiger partial charge in [0, 0.05) is 52.1 Å². The van der Waals surface area contributed by atoms with Gasteiger partial charge in [-0.3, -0.25) is 47.9 Å². The Morgan fingerprint density at radius 1 is 0.559 bits per heavy atom. The van der Waals surface area contributed by atoms with E-state index in [0.29, 0.717) is 64.3 Å². The minimum absolute atomic E-state index is 0. The number of halogens is 1. The second kappa shape index (κ2) is 30.4. The van der Waals surface area contributed by atoms with Crippen molar-refractivity contribution in [1.29, 1.82) is 0 Å². The number of primary amides is 2. The number of rotatable bonds is 21. The lowest BCUT2D eigenvalue weighted by Gasteiger charge is -2.40. The number of nitrogens with zero attached hydrogens (tertiary/aromatic N) is 5. The zero-order chi connectivity index (χ0) is 69.1. The Hall–Kier alpha value is -6.00. The van der Waals surface area contributed by atoms with Crippen molar-refractivity contribution in [3.05, 3.63) is 0 Å². The van der Waals surface area contributed by atoms with Crippen molar-refractivity contribution in [3.63, 3.8) is 0 Å². The summed E-state index contributed by atoms with van der Waals surface area (Å²) in [5.74, 6) is -4.20. The van der Waals surface area contributed by atoms with Crippen molar-refractivity contribution in [2.24, 2.45) is 90.2 Å². The van der Waals surface area contributed by atoms with Crippen LogP contribution in [0.5, 0.6) is 0 Å². The molecular weight excluding hydrogens is 1210 g/mol. The van der Waals surface area contributed by atoms with Crippen LogP contribution in [0, 0.1) is 68.0 Å². The average Bonchev–Trinajstić information content (AvgIpc) is 1.53. The SMILES string of the molecule is CC(C)(C)[C@@H](CN1CCCCC1=O)N=C=O.CC(C)(C)[C@H](N)C(=O)N1C[C@H]2[C@@H](C1C(=O)NC(CC1CCC1)C(=O)C(N)=O)C2(C)C.CC(C)(C)[C@H](NC(=O)N[C@H](CN1CCCCC1=O)C(C)(C)C)C(=O)N1C[C@H]2[C@@H](C1C(=O)NC(CC1CCC1)C(=O)C(N)=O)C2(C)C.Cl. The molecule has 25 heteroatoms. The molecule has 4 heterocycles. The molecule has 0 bridgehead atoms. The molecule has 4 aliphatic heterocycles. The van der Waals surface area contributed by atoms with Crippen LogP contribution in [0.15, 0.2) is 4.99 Å². The summed E-state index contributed by atoms with van der Waals surface area (Å²) >= 11 is 0.